The van der Waals surface area contributed by atoms with Crippen LogP contribution in [0.5, 0.6) is 0 Å². The van der Waals surface area contributed by atoms with Crippen molar-refractivity contribution in [1.29, 1.82) is 0 Å². The van der Waals surface area contributed by atoms with E-state index in [1.165, 1.54) is 38.4 Å². The molecule has 2 unspecified atom stereocenters. The van der Waals surface area contributed by atoms with Crippen molar-refractivity contribution in [3.8, 4) is 0 Å². The van der Waals surface area contributed by atoms with Gasteiger partial charge in [0.1, 0.15) is 6.29 Å². The standard InChI is InChI=1S/C12H21NO/c1-10-6-7-13(8-10)12(9-14)11-4-2-3-5-11/h9-12H,2-8H2,1H3. The molecule has 14 heavy (non-hydrogen) atoms. The van der Waals surface area contributed by atoms with E-state index < -0.39 is 0 Å². The summed E-state index contributed by atoms with van der Waals surface area (Å²) in [6.07, 6.45) is 7.68. The van der Waals surface area contributed by atoms with Gasteiger partial charge < -0.3 is 4.79 Å². The van der Waals surface area contributed by atoms with Crippen LogP contribution in [0.15, 0.2) is 0 Å². The lowest BCUT2D eigenvalue weighted by Gasteiger charge is -2.27. The van der Waals surface area contributed by atoms with E-state index in [1.54, 1.807) is 0 Å². The molecule has 1 saturated heterocycles. The van der Waals surface area contributed by atoms with Crippen molar-refractivity contribution in [3.63, 3.8) is 0 Å². The fraction of sp³-hybridized carbons (Fsp3) is 0.917. The topological polar surface area (TPSA) is 20.3 Å². The number of likely N-dealkylation sites (tertiary alicyclic amines) is 1. The van der Waals surface area contributed by atoms with E-state index in [2.05, 4.69) is 11.8 Å². The molecule has 1 saturated carbocycles. The lowest BCUT2D eigenvalue weighted by molar-refractivity contribution is -0.113. The summed E-state index contributed by atoms with van der Waals surface area (Å²) in [5.74, 6) is 1.46. The lowest BCUT2D eigenvalue weighted by Crippen LogP contribution is -2.39. The second kappa shape index (κ2) is 4.43. The average Bonchev–Trinajstić information content (AvgIpc) is 2.79. The highest BCUT2D eigenvalue weighted by molar-refractivity contribution is 5.58. The summed E-state index contributed by atoms with van der Waals surface area (Å²) < 4.78 is 0. The van der Waals surface area contributed by atoms with Crippen molar-refractivity contribution >= 4 is 6.29 Å². The van der Waals surface area contributed by atoms with Crippen LogP contribution >= 0.6 is 0 Å². The zero-order valence-electron chi connectivity index (χ0n) is 9.11. The number of hydrogen-bond donors (Lipinski definition) is 0. The van der Waals surface area contributed by atoms with Gasteiger partial charge in [-0.2, -0.15) is 0 Å². The Bertz CT molecular complexity index is 198. The predicted octanol–water partition coefficient (Wildman–Crippen LogP) is 2.09. The number of rotatable bonds is 3. The molecule has 1 aliphatic heterocycles. The van der Waals surface area contributed by atoms with E-state index >= 15 is 0 Å². The Hall–Kier alpha value is -0.370. The van der Waals surface area contributed by atoms with Gasteiger partial charge in [-0.3, -0.25) is 4.90 Å². The van der Waals surface area contributed by atoms with Crippen LogP contribution in [-0.4, -0.2) is 30.3 Å². The summed E-state index contributed by atoms with van der Waals surface area (Å²) in [7, 11) is 0. The minimum atomic E-state index is 0.238. The van der Waals surface area contributed by atoms with Crippen LogP contribution < -0.4 is 0 Å². The minimum absolute atomic E-state index is 0.238. The molecule has 0 spiro atoms. The first kappa shape index (κ1) is 10.2. The van der Waals surface area contributed by atoms with Crippen LogP contribution in [0.25, 0.3) is 0 Å². The van der Waals surface area contributed by atoms with Gasteiger partial charge in [-0.05, 0) is 37.6 Å². The van der Waals surface area contributed by atoms with Crippen molar-refractivity contribution < 1.29 is 4.79 Å². The molecule has 2 heteroatoms. The van der Waals surface area contributed by atoms with E-state index in [-0.39, 0.29) is 6.04 Å². The van der Waals surface area contributed by atoms with Gasteiger partial charge >= 0.3 is 0 Å². The Labute approximate surface area is 86.7 Å². The highest BCUT2D eigenvalue weighted by Crippen LogP contribution is 2.31. The van der Waals surface area contributed by atoms with Gasteiger partial charge in [0.25, 0.3) is 0 Å². The molecule has 0 amide bonds. The first-order valence-corrected chi connectivity index (χ1v) is 6.00. The highest BCUT2D eigenvalue weighted by atomic mass is 16.1. The summed E-state index contributed by atoms with van der Waals surface area (Å²) in [4.78, 5) is 13.6. The Morgan fingerprint density at radius 3 is 2.50 bits per heavy atom. The van der Waals surface area contributed by atoms with Gasteiger partial charge in [0.15, 0.2) is 0 Å². The number of hydrogen-bond acceptors (Lipinski definition) is 2. The van der Waals surface area contributed by atoms with Gasteiger partial charge in [-0.25, -0.2) is 0 Å². The SMILES string of the molecule is CC1CCN(C(C=O)C2CCCC2)C1. The quantitative estimate of drug-likeness (QED) is 0.643. The lowest BCUT2D eigenvalue weighted by atomic mass is 9.98. The zero-order chi connectivity index (χ0) is 9.97. The number of aldehydes is 1. The fourth-order valence-corrected chi connectivity index (χ4v) is 3.03. The van der Waals surface area contributed by atoms with Gasteiger partial charge in [-0.15, -0.1) is 0 Å². The average molecular weight is 195 g/mol. The van der Waals surface area contributed by atoms with Crippen LogP contribution in [0.2, 0.25) is 0 Å². The monoisotopic (exact) mass is 195 g/mol. The third-order valence-corrected chi connectivity index (χ3v) is 3.90. The fourth-order valence-electron chi connectivity index (χ4n) is 3.03. The maximum atomic E-state index is 11.1. The normalized spacial score (nSPS) is 32.2. The second-order valence-electron chi connectivity index (χ2n) is 5.06. The van der Waals surface area contributed by atoms with E-state index in [0.29, 0.717) is 5.92 Å². The Balaban J connectivity index is 1.94. The summed E-state index contributed by atoms with van der Waals surface area (Å²) in [6.45, 7) is 4.57. The van der Waals surface area contributed by atoms with Crippen LogP contribution in [0.3, 0.4) is 0 Å². The van der Waals surface area contributed by atoms with Crippen molar-refractivity contribution in [2.24, 2.45) is 11.8 Å². The van der Waals surface area contributed by atoms with Crippen molar-refractivity contribution in [2.45, 2.75) is 45.1 Å². The Morgan fingerprint density at radius 1 is 1.29 bits per heavy atom. The van der Waals surface area contributed by atoms with Crippen LogP contribution in [0.1, 0.15) is 39.0 Å². The van der Waals surface area contributed by atoms with Crippen molar-refractivity contribution in [3.05, 3.63) is 0 Å². The van der Waals surface area contributed by atoms with Crippen LogP contribution in [0, 0.1) is 11.8 Å². The number of nitrogens with zero attached hydrogens (tertiary/aromatic N) is 1. The highest BCUT2D eigenvalue weighted by Gasteiger charge is 2.32. The van der Waals surface area contributed by atoms with Crippen LogP contribution in [0.4, 0.5) is 0 Å². The zero-order valence-corrected chi connectivity index (χ0v) is 9.11. The second-order valence-corrected chi connectivity index (χ2v) is 5.06. The number of carbonyl (C=O) groups excluding carboxylic acids is 1. The Morgan fingerprint density at radius 2 is 2.00 bits per heavy atom. The molecule has 0 N–H and O–H groups in total. The van der Waals surface area contributed by atoms with Crippen molar-refractivity contribution in [2.75, 3.05) is 13.1 Å². The molecule has 1 aliphatic carbocycles. The van der Waals surface area contributed by atoms with Crippen LogP contribution in [-0.2, 0) is 4.79 Å². The van der Waals surface area contributed by atoms with E-state index in [0.717, 1.165) is 19.0 Å². The molecule has 0 bridgehead atoms. The predicted molar refractivity (Wildman–Crippen MR) is 57.2 cm³/mol. The van der Waals surface area contributed by atoms with Gasteiger partial charge in [0, 0.05) is 6.54 Å². The minimum Gasteiger partial charge on any atom is -0.302 e. The first-order valence-electron chi connectivity index (χ1n) is 6.00. The van der Waals surface area contributed by atoms with Gasteiger partial charge in [0.2, 0.25) is 0 Å². The molecule has 0 radical (unpaired) electrons. The molecule has 2 atom stereocenters. The molecule has 2 rings (SSSR count). The summed E-state index contributed by atoms with van der Waals surface area (Å²) in [5.41, 5.74) is 0. The third kappa shape index (κ3) is 2.00. The molecule has 0 aromatic rings. The van der Waals surface area contributed by atoms with E-state index in [9.17, 15) is 4.79 Å². The van der Waals surface area contributed by atoms with Gasteiger partial charge in [0.05, 0.1) is 6.04 Å². The maximum absolute atomic E-state index is 11.1. The molecule has 1 heterocycles. The summed E-state index contributed by atoms with van der Waals surface area (Å²) in [5, 5.41) is 0. The number of carbonyl (C=O) groups is 1. The smallest absolute Gasteiger partial charge is 0.137 e. The third-order valence-electron chi connectivity index (χ3n) is 3.90. The molecule has 2 fully saturated rings. The molecule has 2 aliphatic rings. The molecule has 2 nitrogen and oxygen atoms in total. The first-order chi connectivity index (χ1) is 6.81. The summed E-state index contributed by atoms with van der Waals surface area (Å²) >= 11 is 0. The van der Waals surface area contributed by atoms with E-state index in [4.69, 9.17) is 0 Å². The Kier molecular flexibility index (Phi) is 3.22. The maximum Gasteiger partial charge on any atom is 0.137 e. The molecular formula is C12H21NO. The molecular weight excluding hydrogens is 174 g/mol. The van der Waals surface area contributed by atoms with Gasteiger partial charge in [-0.1, -0.05) is 19.8 Å². The van der Waals surface area contributed by atoms with Crippen molar-refractivity contribution in [1.82, 2.24) is 4.90 Å². The molecule has 0 aromatic heterocycles. The largest absolute Gasteiger partial charge is 0.302 e. The summed E-state index contributed by atoms with van der Waals surface area (Å²) in [6, 6.07) is 0.238. The molecule has 0 aromatic carbocycles. The molecule has 80 valence electrons. The van der Waals surface area contributed by atoms with E-state index in [1.807, 2.05) is 0 Å².